The molecule has 1 rings (SSSR count). The summed E-state index contributed by atoms with van der Waals surface area (Å²) in [6.45, 7) is 5.36. The highest BCUT2D eigenvalue weighted by atomic mass is 32.2. The summed E-state index contributed by atoms with van der Waals surface area (Å²) in [5.41, 5.74) is 0.356. The Hall–Kier alpha value is -1.06. The molecule has 0 bridgehead atoms. The van der Waals surface area contributed by atoms with Gasteiger partial charge in [0.25, 0.3) is 5.88 Å². The normalized spacial score (nSPS) is 15.5. The summed E-state index contributed by atoms with van der Waals surface area (Å²) in [7, 11) is 0. The van der Waals surface area contributed by atoms with Crippen LogP contribution >= 0.6 is 0 Å². The van der Waals surface area contributed by atoms with Gasteiger partial charge >= 0.3 is 6.18 Å². The molecule has 0 aliphatic heterocycles. The van der Waals surface area contributed by atoms with E-state index in [1.165, 1.54) is 6.20 Å². The standard InChI is InChI=1S/C13H18F4N2O2S/c1-8(19-22(20)12(2,3)4)9-5-10(14)11(18-6-9)21-7-13(15,16)17/h5-6,8,19H,7H2,1-4H3/t8-,22-/m1/s1. The van der Waals surface area contributed by atoms with Crippen LogP contribution in [-0.2, 0) is 11.4 Å². The lowest BCUT2D eigenvalue weighted by atomic mass is 10.1. The second-order valence-corrected chi connectivity index (χ2v) is 7.68. The quantitative estimate of drug-likeness (QED) is 0.659. The first-order chi connectivity index (χ1) is 9.90. The minimum Gasteiger partial charge on any atom is -0.598 e. The molecule has 0 saturated carbocycles. The van der Waals surface area contributed by atoms with Gasteiger partial charge in [-0.05, 0) is 39.3 Å². The van der Waals surface area contributed by atoms with Gasteiger partial charge in [0.1, 0.15) is 4.75 Å². The second kappa shape index (κ2) is 7.01. The molecule has 1 aromatic rings. The molecule has 9 heteroatoms. The SMILES string of the molecule is C[C@@H](N[S@+]([O-])C(C)(C)C)c1cnc(OCC(F)(F)F)c(F)c1. The maximum Gasteiger partial charge on any atom is 0.422 e. The van der Waals surface area contributed by atoms with E-state index < -0.39 is 46.6 Å². The minimum absolute atomic E-state index is 0.356. The fourth-order valence-corrected chi connectivity index (χ4v) is 2.15. The highest BCUT2D eigenvalue weighted by Gasteiger charge is 2.30. The number of pyridine rings is 1. The lowest BCUT2D eigenvalue weighted by Crippen LogP contribution is -2.40. The summed E-state index contributed by atoms with van der Waals surface area (Å²) in [6, 6.07) is 0.523. The van der Waals surface area contributed by atoms with Crippen molar-refractivity contribution in [1.82, 2.24) is 9.71 Å². The largest absolute Gasteiger partial charge is 0.598 e. The Bertz CT molecular complexity index is 506. The average Bonchev–Trinajstić information content (AvgIpc) is 2.34. The third-order valence-corrected chi connectivity index (χ3v) is 4.22. The Morgan fingerprint density at radius 3 is 2.41 bits per heavy atom. The van der Waals surface area contributed by atoms with Gasteiger partial charge in [-0.3, -0.25) is 0 Å². The molecule has 0 amide bonds. The first kappa shape index (κ1) is 19.0. The number of ether oxygens (including phenoxy) is 1. The Morgan fingerprint density at radius 2 is 1.95 bits per heavy atom. The lowest BCUT2D eigenvalue weighted by molar-refractivity contribution is -0.154. The van der Waals surface area contributed by atoms with Gasteiger partial charge in [-0.1, -0.05) is 0 Å². The minimum atomic E-state index is -4.56. The molecule has 0 saturated heterocycles. The number of halogens is 4. The predicted molar refractivity (Wildman–Crippen MR) is 75.2 cm³/mol. The van der Waals surface area contributed by atoms with Crippen LogP contribution in [0.1, 0.15) is 39.3 Å². The molecule has 0 aliphatic rings. The molecule has 1 aromatic heterocycles. The van der Waals surface area contributed by atoms with Crippen LogP contribution in [0.5, 0.6) is 5.88 Å². The van der Waals surface area contributed by atoms with Gasteiger partial charge < -0.3 is 9.29 Å². The van der Waals surface area contributed by atoms with Gasteiger partial charge in [-0.25, -0.2) is 9.37 Å². The number of hydrogen-bond acceptors (Lipinski definition) is 4. The van der Waals surface area contributed by atoms with E-state index in [1.807, 2.05) is 0 Å². The molecule has 0 aromatic carbocycles. The van der Waals surface area contributed by atoms with E-state index in [9.17, 15) is 22.1 Å². The Kier molecular flexibility index (Phi) is 6.05. The van der Waals surface area contributed by atoms with Gasteiger partial charge in [0, 0.05) is 17.6 Å². The molecule has 0 fully saturated rings. The van der Waals surface area contributed by atoms with Crippen LogP contribution in [0.25, 0.3) is 0 Å². The summed E-state index contributed by atoms with van der Waals surface area (Å²) in [5, 5.41) is 0. The Labute approximate surface area is 129 Å². The monoisotopic (exact) mass is 342 g/mol. The van der Waals surface area contributed by atoms with Crippen LogP contribution in [0.3, 0.4) is 0 Å². The van der Waals surface area contributed by atoms with E-state index in [0.717, 1.165) is 6.07 Å². The summed E-state index contributed by atoms with van der Waals surface area (Å²) < 4.78 is 68.3. The number of nitrogens with zero attached hydrogens (tertiary/aromatic N) is 1. The van der Waals surface area contributed by atoms with Crippen LogP contribution in [0, 0.1) is 5.82 Å². The van der Waals surface area contributed by atoms with Crippen molar-refractivity contribution in [1.29, 1.82) is 0 Å². The molecule has 22 heavy (non-hydrogen) atoms. The van der Waals surface area contributed by atoms with Crippen molar-refractivity contribution in [3.63, 3.8) is 0 Å². The first-order valence-corrected chi connectivity index (χ1v) is 7.58. The van der Waals surface area contributed by atoms with Crippen LogP contribution in [0.15, 0.2) is 12.3 Å². The fourth-order valence-electron chi connectivity index (χ4n) is 1.34. The topological polar surface area (TPSA) is 57.2 Å². The van der Waals surface area contributed by atoms with E-state index >= 15 is 0 Å². The molecular weight excluding hydrogens is 324 g/mol. The molecule has 126 valence electrons. The summed E-state index contributed by atoms with van der Waals surface area (Å²) in [5.74, 6) is -1.72. The van der Waals surface area contributed by atoms with Crippen molar-refractivity contribution in [3.05, 3.63) is 23.6 Å². The van der Waals surface area contributed by atoms with E-state index in [2.05, 4.69) is 14.4 Å². The maximum absolute atomic E-state index is 13.7. The van der Waals surface area contributed by atoms with Gasteiger partial charge in [0.2, 0.25) is 0 Å². The van der Waals surface area contributed by atoms with Crippen molar-refractivity contribution in [2.24, 2.45) is 0 Å². The summed E-state index contributed by atoms with van der Waals surface area (Å²) in [6.07, 6.45) is -3.38. The zero-order chi connectivity index (χ0) is 17.1. The number of rotatable bonds is 5. The van der Waals surface area contributed by atoms with E-state index in [1.54, 1.807) is 27.7 Å². The molecule has 0 spiro atoms. The van der Waals surface area contributed by atoms with Gasteiger partial charge in [0.15, 0.2) is 12.4 Å². The van der Waals surface area contributed by atoms with E-state index in [0.29, 0.717) is 5.56 Å². The fraction of sp³-hybridized carbons (Fsp3) is 0.615. The molecule has 0 aliphatic carbocycles. The highest BCUT2D eigenvalue weighted by molar-refractivity contribution is 7.90. The van der Waals surface area contributed by atoms with Crippen molar-refractivity contribution in [3.8, 4) is 5.88 Å². The van der Waals surface area contributed by atoms with Gasteiger partial charge in [-0.15, -0.1) is 4.72 Å². The third kappa shape index (κ3) is 5.98. The van der Waals surface area contributed by atoms with Crippen molar-refractivity contribution < 1.29 is 26.9 Å². The zero-order valence-corrected chi connectivity index (χ0v) is 13.4. The van der Waals surface area contributed by atoms with Crippen LogP contribution in [-0.4, -0.2) is 27.1 Å². The average molecular weight is 342 g/mol. The van der Waals surface area contributed by atoms with Crippen molar-refractivity contribution in [2.45, 2.75) is 44.7 Å². The molecular formula is C13H18F4N2O2S. The number of aromatic nitrogens is 1. The number of nitrogens with one attached hydrogen (secondary N) is 1. The summed E-state index contributed by atoms with van der Waals surface area (Å²) in [4.78, 5) is 3.54. The molecule has 0 unspecified atom stereocenters. The smallest absolute Gasteiger partial charge is 0.422 e. The van der Waals surface area contributed by atoms with E-state index in [4.69, 9.17) is 0 Å². The lowest BCUT2D eigenvalue weighted by Gasteiger charge is -2.26. The second-order valence-electron chi connectivity index (χ2n) is 5.68. The number of hydrogen-bond donors (Lipinski definition) is 1. The molecule has 4 nitrogen and oxygen atoms in total. The molecule has 0 radical (unpaired) electrons. The van der Waals surface area contributed by atoms with Gasteiger partial charge in [-0.2, -0.15) is 13.2 Å². The first-order valence-electron chi connectivity index (χ1n) is 6.43. The molecule has 1 heterocycles. The Balaban J connectivity index is 2.76. The molecule has 2 atom stereocenters. The van der Waals surface area contributed by atoms with Gasteiger partial charge in [0.05, 0.1) is 6.04 Å². The van der Waals surface area contributed by atoms with Crippen LogP contribution in [0.4, 0.5) is 17.6 Å². The van der Waals surface area contributed by atoms with E-state index in [-0.39, 0.29) is 0 Å². The summed E-state index contributed by atoms with van der Waals surface area (Å²) >= 11 is -1.38. The van der Waals surface area contributed by atoms with Crippen LogP contribution in [0.2, 0.25) is 0 Å². The van der Waals surface area contributed by atoms with Crippen molar-refractivity contribution in [2.75, 3.05) is 6.61 Å². The van der Waals surface area contributed by atoms with Crippen LogP contribution < -0.4 is 9.46 Å². The maximum atomic E-state index is 13.7. The number of alkyl halides is 3. The zero-order valence-electron chi connectivity index (χ0n) is 12.6. The molecule has 1 N–H and O–H groups in total. The highest BCUT2D eigenvalue weighted by Crippen LogP contribution is 2.23. The predicted octanol–water partition coefficient (Wildman–Crippen LogP) is 3.27. The third-order valence-electron chi connectivity index (χ3n) is 2.54. The van der Waals surface area contributed by atoms with Crippen molar-refractivity contribution >= 4 is 11.4 Å². The Morgan fingerprint density at radius 1 is 1.36 bits per heavy atom.